The standard InChI is InChI=1S/C12H12N4OS/c1-17-9-3-2-8-4-5-14-11(10(8)6-9)7-15-16-12(13)18/h2-7H,1H3,(H3,13,16,18)/b15-7+. The van der Waals surface area contributed by atoms with Gasteiger partial charge in [0.05, 0.1) is 19.0 Å². The van der Waals surface area contributed by atoms with Crippen LogP contribution < -0.4 is 15.9 Å². The molecule has 5 nitrogen and oxygen atoms in total. The lowest BCUT2D eigenvalue weighted by Gasteiger charge is -2.04. The molecule has 92 valence electrons. The van der Waals surface area contributed by atoms with Crippen molar-refractivity contribution in [2.75, 3.05) is 7.11 Å². The predicted molar refractivity (Wildman–Crippen MR) is 75.8 cm³/mol. The Hall–Kier alpha value is -2.21. The van der Waals surface area contributed by atoms with Crippen molar-refractivity contribution in [1.82, 2.24) is 10.4 Å². The number of methoxy groups -OCH3 is 1. The molecule has 1 heterocycles. The van der Waals surface area contributed by atoms with Crippen LogP contribution in [0.3, 0.4) is 0 Å². The highest BCUT2D eigenvalue weighted by atomic mass is 32.1. The van der Waals surface area contributed by atoms with E-state index in [9.17, 15) is 0 Å². The maximum Gasteiger partial charge on any atom is 0.184 e. The highest BCUT2D eigenvalue weighted by Crippen LogP contribution is 2.21. The second kappa shape index (κ2) is 5.42. The van der Waals surface area contributed by atoms with E-state index in [0.29, 0.717) is 0 Å². The molecule has 0 radical (unpaired) electrons. The van der Waals surface area contributed by atoms with Crippen molar-refractivity contribution < 1.29 is 4.74 Å². The molecule has 1 aromatic heterocycles. The average Bonchev–Trinajstić information content (AvgIpc) is 2.38. The first-order chi connectivity index (χ1) is 8.70. The van der Waals surface area contributed by atoms with E-state index in [-0.39, 0.29) is 5.11 Å². The molecule has 18 heavy (non-hydrogen) atoms. The minimum atomic E-state index is 0.115. The fourth-order valence-corrected chi connectivity index (χ4v) is 1.61. The second-order valence-electron chi connectivity index (χ2n) is 3.52. The van der Waals surface area contributed by atoms with Gasteiger partial charge in [-0.3, -0.25) is 10.4 Å². The monoisotopic (exact) mass is 260 g/mol. The summed E-state index contributed by atoms with van der Waals surface area (Å²) >= 11 is 4.66. The molecule has 0 atom stereocenters. The summed E-state index contributed by atoms with van der Waals surface area (Å²) in [6, 6.07) is 7.70. The summed E-state index contributed by atoms with van der Waals surface area (Å²) in [6.45, 7) is 0. The number of nitrogens with zero attached hydrogens (tertiary/aromatic N) is 2. The third-order valence-electron chi connectivity index (χ3n) is 2.37. The van der Waals surface area contributed by atoms with Gasteiger partial charge in [-0.05, 0) is 35.8 Å². The lowest BCUT2D eigenvalue weighted by atomic mass is 10.1. The first-order valence-corrected chi connectivity index (χ1v) is 5.63. The van der Waals surface area contributed by atoms with Gasteiger partial charge in [-0.25, -0.2) is 0 Å². The van der Waals surface area contributed by atoms with Crippen molar-refractivity contribution in [3.8, 4) is 5.75 Å². The van der Waals surface area contributed by atoms with E-state index >= 15 is 0 Å². The van der Waals surface area contributed by atoms with Crippen LogP contribution in [0.2, 0.25) is 0 Å². The zero-order valence-electron chi connectivity index (χ0n) is 9.75. The average molecular weight is 260 g/mol. The predicted octanol–water partition coefficient (Wildman–Crippen LogP) is 1.41. The van der Waals surface area contributed by atoms with Gasteiger partial charge in [0, 0.05) is 11.6 Å². The number of aromatic nitrogens is 1. The summed E-state index contributed by atoms with van der Waals surface area (Å²) in [5, 5.41) is 6.02. The van der Waals surface area contributed by atoms with Gasteiger partial charge in [-0.1, -0.05) is 6.07 Å². The molecule has 0 aliphatic heterocycles. The highest BCUT2D eigenvalue weighted by Gasteiger charge is 2.01. The Labute approximate surface area is 110 Å². The molecular formula is C12H12N4OS. The molecule has 0 amide bonds. The molecule has 1 aromatic carbocycles. The molecular weight excluding hydrogens is 248 g/mol. The van der Waals surface area contributed by atoms with Crippen molar-refractivity contribution in [2.45, 2.75) is 0 Å². The van der Waals surface area contributed by atoms with Gasteiger partial charge < -0.3 is 10.5 Å². The van der Waals surface area contributed by atoms with Crippen LogP contribution >= 0.6 is 12.2 Å². The fourth-order valence-electron chi connectivity index (χ4n) is 1.56. The number of thiocarbonyl (C=S) groups is 1. The number of hydrogen-bond donors (Lipinski definition) is 2. The van der Waals surface area contributed by atoms with E-state index in [4.69, 9.17) is 10.5 Å². The molecule has 0 aliphatic rings. The molecule has 0 spiro atoms. The fraction of sp³-hybridized carbons (Fsp3) is 0.0833. The molecule has 6 heteroatoms. The molecule has 3 N–H and O–H groups in total. The Morgan fingerprint density at radius 2 is 2.33 bits per heavy atom. The third-order valence-corrected chi connectivity index (χ3v) is 2.46. The maximum absolute atomic E-state index is 5.28. The van der Waals surface area contributed by atoms with Crippen LogP contribution in [-0.4, -0.2) is 23.4 Å². The van der Waals surface area contributed by atoms with Crippen LogP contribution in [0.1, 0.15) is 5.69 Å². The van der Waals surface area contributed by atoms with Crippen LogP contribution in [0.15, 0.2) is 35.6 Å². The van der Waals surface area contributed by atoms with Gasteiger partial charge >= 0.3 is 0 Å². The number of hydrazone groups is 1. The van der Waals surface area contributed by atoms with Crippen molar-refractivity contribution in [1.29, 1.82) is 0 Å². The van der Waals surface area contributed by atoms with Gasteiger partial charge in [-0.2, -0.15) is 5.10 Å². The number of rotatable bonds is 3. The first-order valence-electron chi connectivity index (χ1n) is 5.22. The van der Waals surface area contributed by atoms with E-state index < -0.39 is 0 Å². The van der Waals surface area contributed by atoms with Gasteiger partial charge in [0.2, 0.25) is 0 Å². The normalized spacial score (nSPS) is 10.7. The number of hydrogen-bond acceptors (Lipinski definition) is 4. The number of nitrogens with two attached hydrogens (primary N) is 1. The largest absolute Gasteiger partial charge is 0.497 e. The van der Waals surface area contributed by atoms with Crippen molar-refractivity contribution in [2.24, 2.45) is 10.8 Å². The number of benzene rings is 1. The number of fused-ring (bicyclic) bond motifs is 1. The van der Waals surface area contributed by atoms with Crippen molar-refractivity contribution in [3.05, 3.63) is 36.2 Å². The summed E-state index contributed by atoms with van der Waals surface area (Å²) in [4.78, 5) is 4.25. The summed E-state index contributed by atoms with van der Waals surface area (Å²) < 4.78 is 5.19. The minimum Gasteiger partial charge on any atom is -0.497 e. The Balaban J connectivity index is 2.43. The Kier molecular flexibility index (Phi) is 3.69. The number of ether oxygens (including phenoxy) is 1. The Morgan fingerprint density at radius 3 is 3.06 bits per heavy atom. The molecule has 0 unspecified atom stereocenters. The SMILES string of the molecule is COc1ccc2ccnc(/C=N/NC(N)=S)c2c1. The quantitative estimate of drug-likeness (QED) is 0.496. The van der Waals surface area contributed by atoms with Gasteiger partial charge in [-0.15, -0.1) is 0 Å². The molecule has 0 fully saturated rings. The summed E-state index contributed by atoms with van der Waals surface area (Å²) in [7, 11) is 1.62. The first kappa shape index (κ1) is 12.3. The topological polar surface area (TPSA) is 72.5 Å². The molecule has 0 bridgehead atoms. The van der Waals surface area contributed by atoms with Crippen LogP contribution in [0.5, 0.6) is 5.75 Å². The number of nitrogens with one attached hydrogen (secondary N) is 1. The van der Waals surface area contributed by atoms with E-state index in [1.807, 2.05) is 24.3 Å². The highest BCUT2D eigenvalue weighted by molar-refractivity contribution is 7.80. The molecule has 0 saturated heterocycles. The van der Waals surface area contributed by atoms with Crippen molar-refractivity contribution >= 4 is 34.3 Å². The van der Waals surface area contributed by atoms with Gasteiger partial charge in [0.15, 0.2) is 5.11 Å². The van der Waals surface area contributed by atoms with Gasteiger partial charge in [0.1, 0.15) is 5.75 Å². The lowest BCUT2D eigenvalue weighted by molar-refractivity contribution is 0.415. The zero-order valence-corrected chi connectivity index (χ0v) is 10.6. The van der Waals surface area contributed by atoms with Crippen molar-refractivity contribution in [3.63, 3.8) is 0 Å². The smallest absolute Gasteiger partial charge is 0.184 e. The van der Waals surface area contributed by atoms with E-state index in [2.05, 4.69) is 27.7 Å². The molecule has 0 saturated carbocycles. The Morgan fingerprint density at radius 1 is 1.50 bits per heavy atom. The number of pyridine rings is 1. The van der Waals surface area contributed by atoms with Crippen LogP contribution in [0.25, 0.3) is 10.8 Å². The van der Waals surface area contributed by atoms with E-state index in [1.54, 1.807) is 19.5 Å². The van der Waals surface area contributed by atoms with E-state index in [1.165, 1.54) is 0 Å². The Bertz CT molecular complexity index is 612. The van der Waals surface area contributed by atoms with Crippen LogP contribution in [0.4, 0.5) is 0 Å². The maximum atomic E-state index is 5.28. The summed E-state index contributed by atoms with van der Waals surface area (Å²) in [6.07, 6.45) is 3.29. The lowest BCUT2D eigenvalue weighted by Crippen LogP contribution is -2.24. The summed E-state index contributed by atoms with van der Waals surface area (Å²) in [5.74, 6) is 0.771. The molecule has 2 aromatic rings. The molecule has 2 rings (SSSR count). The van der Waals surface area contributed by atoms with Crippen LogP contribution in [-0.2, 0) is 0 Å². The zero-order chi connectivity index (χ0) is 13.0. The molecule has 0 aliphatic carbocycles. The second-order valence-corrected chi connectivity index (χ2v) is 3.96. The minimum absolute atomic E-state index is 0.115. The summed E-state index contributed by atoms with van der Waals surface area (Å²) in [5.41, 5.74) is 8.49. The van der Waals surface area contributed by atoms with Crippen LogP contribution in [0, 0.1) is 0 Å². The van der Waals surface area contributed by atoms with E-state index in [0.717, 1.165) is 22.2 Å². The van der Waals surface area contributed by atoms with Gasteiger partial charge in [0.25, 0.3) is 0 Å². The third kappa shape index (κ3) is 2.72.